The van der Waals surface area contributed by atoms with Crippen LogP contribution in [0.3, 0.4) is 0 Å². The lowest BCUT2D eigenvalue weighted by Gasteiger charge is -2.31. The number of aliphatic imine (C=N–C) groups is 1. The van der Waals surface area contributed by atoms with E-state index in [9.17, 15) is 0 Å². The third kappa shape index (κ3) is 1.50. The van der Waals surface area contributed by atoms with Crippen molar-refractivity contribution in [2.24, 2.45) is 4.99 Å². The topological polar surface area (TPSA) is 21.6 Å². The molecule has 17 heavy (non-hydrogen) atoms. The predicted octanol–water partition coefficient (Wildman–Crippen LogP) is 3.68. The number of ether oxygens (including phenoxy) is 1. The zero-order valence-electron chi connectivity index (χ0n) is 10.4. The Morgan fingerprint density at radius 2 is 2.00 bits per heavy atom. The van der Waals surface area contributed by atoms with E-state index in [1.807, 2.05) is 25.1 Å². The van der Waals surface area contributed by atoms with Gasteiger partial charge in [-0.25, -0.2) is 0 Å². The van der Waals surface area contributed by atoms with E-state index < -0.39 is 0 Å². The largest absolute Gasteiger partial charge is 0.484 e. The van der Waals surface area contributed by atoms with Crippen molar-refractivity contribution < 1.29 is 4.74 Å². The quantitative estimate of drug-likeness (QED) is 0.687. The van der Waals surface area contributed by atoms with Gasteiger partial charge in [0.1, 0.15) is 22.1 Å². The Bertz CT molecular complexity index is 515. The minimum atomic E-state index is -0.287. The van der Waals surface area contributed by atoms with Gasteiger partial charge < -0.3 is 4.74 Å². The maximum atomic E-state index is 6.35. The van der Waals surface area contributed by atoms with Gasteiger partial charge in [0, 0.05) is 0 Å². The van der Waals surface area contributed by atoms with Crippen LogP contribution in [0.1, 0.15) is 37.8 Å². The molecule has 0 atom stereocenters. The SMILES string of the molecule is Cc1cccc2c1OC(C)(C)C1(CC1)N=C2Cl. The van der Waals surface area contributed by atoms with Gasteiger partial charge in [-0.05, 0) is 45.2 Å². The van der Waals surface area contributed by atoms with Crippen LogP contribution in [-0.4, -0.2) is 16.3 Å². The molecule has 0 saturated heterocycles. The van der Waals surface area contributed by atoms with Gasteiger partial charge in [-0.2, -0.15) is 0 Å². The summed E-state index contributed by atoms with van der Waals surface area (Å²) in [6, 6.07) is 6.02. The summed E-state index contributed by atoms with van der Waals surface area (Å²) < 4.78 is 6.22. The van der Waals surface area contributed by atoms with Crippen LogP contribution >= 0.6 is 11.6 Å². The minimum absolute atomic E-state index is 0.116. The highest BCUT2D eigenvalue weighted by molar-refractivity contribution is 6.70. The molecule has 0 radical (unpaired) electrons. The highest BCUT2D eigenvalue weighted by Crippen LogP contribution is 2.53. The zero-order valence-corrected chi connectivity index (χ0v) is 11.1. The summed E-state index contributed by atoms with van der Waals surface area (Å²) in [7, 11) is 0. The van der Waals surface area contributed by atoms with Crippen LogP contribution in [-0.2, 0) is 0 Å². The molecule has 1 aromatic rings. The summed E-state index contributed by atoms with van der Waals surface area (Å²) in [5.41, 5.74) is 1.63. The summed E-state index contributed by atoms with van der Waals surface area (Å²) in [4.78, 5) is 4.71. The summed E-state index contributed by atoms with van der Waals surface area (Å²) >= 11 is 6.35. The van der Waals surface area contributed by atoms with Gasteiger partial charge in [0.15, 0.2) is 0 Å². The standard InChI is InChI=1S/C14H16ClNO/c1-9-5-4-6-10-11(9)17-13(2,3)14(7-8-14)16-12(10)15/h4-6H,7-8H2,1-3H3. The average Bonchev–Trinajstić information content (AvgIpc) is 3.01. The molecule has 0 bridgehead atoms. The maximum absolute atomic E-state index is 6.35. The number of fused-ring (bicyclic) bond motifs is 1. The van der Waals surface area contributed by atoms with Gasteiger partial charge in [0.25, 0.3) is 0 Å². The molecular weight excluding hydrogens is 234 g/mol. The summed E-state index contributed by atoms with van der Waals surface area (Å²) in [6.07, 6.45) is 2.12. The van der Waals surface area contributed by atoms with Crippen molar-refractivity contribution >= 4 is 16.8 Å². The molecule has 3 rings (SSSR count). The fourth-order valence-corrected chi connectivity index (χ4v) is 2.83. The number of para-hydroxylation sites is 1. The van der Waals surface area contributed by atoms with Crippen molar-refractivity contribution in [3.8, 4) is 5.75 Å². The molecule has 0 unspecified atom stereocenters. The number of hydrogen-bond acceptors (Lipinski definition) is 2. The van der Waals surface area contributed by atoms with Gasteiger partial charge >= 0.3 is 0 Å². The third-order valence-corrected chi connectivity index (χ3v) is 4.24. The van der Waals surface area contributed by atoms with E-state index in [1.54, 1.807) is 0 Å². The molecule has 1 saturated carbocycles. The second-order valence-corrected chi connectivity index (χ2v) is 5.86. The van der Waals surface area contributed by atoms with E-state index in [-0.39, 0.29) is 11.1 Å². The number of hydrogen-bond donors (Lipinski definition) is 0. The molecule has 1 aliphatic carbocycles. The summed E-state index contributed by atoms with van der Waals surface area (Å²) in [6.45, 7) is 6.26. The van der Waals surface area contributed by atoms with Crippen LogP contribution in [0.15, 0.2) is 23.2 Å². The molecule has 2 aliphatic rings. The van der Waals surface area contributed by atoms with Crippen molar-refractivity contribution in [2.75, 3.05) is 0 Å². The highest BCUT2D eigenvalue weighted by atomic mass is 35.5. The van der Waals surface area contributed by atoms with Crippen molar-refractivity contribution in [2.45, 2.75) is 44.8 Å². The Morgan fingerprint density at radius 1 is 1.29 bits per heavy atom. The van der Waals surface area contributed by atoms with Gasteiger partial charge in [-0.15, -0.1) is 0 Å². The van der Waals surface area contributed by atoms with E-state index >= 15 is 0 Å². The second-order valence-electron chi connectivity index (χ2n) is 5.50. The fraction of sp³-hybridized carbons (Fsp3) is 0.500. The molecule has 1 aromatic carbocycles. The first-order valence-electron chi connectivity index (χ1n) is 6.00. The zero-order chi connectivity index (χ0) is 12.3. The van der Waals surface area contributed by atoms with E-state index in [1.165, 1.54) is 0 Å². The number of rotatable bonds is 0. The number of halogens is 1. The predicted molar refractivity (Wildman–Crippen MR) is 70.2 cm³/mol. The van der Waals surface area contributed by atoms with Crippen LogP contribution in [0.25, 0.3) is 0 Å². The molecule has 1 spiro atoms. The summed E-state index contributed by atoms with van der Waals surface area (Å²) in [5.74, 6) is 0.884. The van der Waals surface area contributed by atoms with Crippen molar-refractivity contribution in [1.29, 1.82) is 0 Å². The maximum Gasteiger partial charge on any atom is 0.135 e. The van der Waals surface area contributed by atoms with Crippen molar-refractivity contribution in [3.05, 3.63) is 29.3 Å². The molecule has 1 heterocycles. The molecule has 0 amide bonds. The minimum Gasteiger partial charge on any atom is -0.484 e. The Morgan fingerprint density at radius 3 is 2.65 bits per heavy atom. The third-order valence-electron chi connectivity index (χ3n) is 3.95. The van der Waals surface area contributed by atoms with Gasteiger partial charge in [0.05, 0.1) is 5.56 Å². The Balaban J connectivity index is 2.21. The molecule has 3 heteroatoms. The van der Waals surface area contributed by atoms with Crippen molar-refractivity contribution in [3.63, 3.8) is 0 Å². The Kier molecular flexibility index (Phi) is 2.13. The molecule has 1 aliphatic heterocycles. The van der Waals surface area contributed by atoms with E-state index in [2.05, 4.69) is 13.8 Å². The van der Waals surface area contributed by atoms with Crippen LogP contribution in [0.2, 0.25) is 0 Å². The average molecular weight is 250 g/mol. The normalized spacial score (nSPS) is 23.4. The first-order valence-corrected chi connectivity index (χ1v) is 6.37. The number of nitrogens with zero attached hydrogens (tertiary/aromatic N) is 1. The fourth-order valence-electron chi connectivity index (χ4n) is 2.52. The van der Waals surface area contributed by atoms with E-state index in [4.69, 9.17) is 21.3 Å². The van der Waals surface area contributed by atoms with Crippen LogP contribution in [0.5, 0.6) is 5.75 Å². The Hall–Kier alpha value is -1.02. The van der Waals surface area contributed by atoms with E-state index in [0.29, 0.717) is 5.17 Å². The molecule has 1 fully saturated rings. The number of benzene rings is 1. The monoisotopic (exact) mass is 249 g/mol. The Labute approximate surface area is 107 Å². The molecule has 0 N–H and O–H groups in total. The van der Waals surface area contributed by atoms with Crippen LogP contribution in [0, 0.1) is 6.92 Å². The lowest BCUT2D eigenvalue weighted by atomic mass is 9.96. The molecule has 90 valence electrons. The first-order chi connectivity index (χ1) is 7.95. The van der Waals surface area contributed by atoms with Gasteiger partial charge in [0.2, 0.25) is 0 Å². The molecule has 0 aromatic heterocycles. The summed E-state index contributed by atoms with van der Waals surface area (Å²) in [5, 5.41) is 0.590. The number of aryl methyl sites for hydroxylation is 1. The molecule has 2 nitrogen and oxygen atoms in total. The smallest absolute Gasteiger partial charge is 0.135 e. The van der Waals surface area contributed by atoms with Gasteiger partial charge in [-0.1, -0.05) is 23.7 Å². The first kappa shape index (κ1) is 11.1. The molecular formula is C14H16ClNO. The van der Waals surface area contributed by atoms with Crippen molar-refractivity contribution in [1.82, 2.24) is 0 Å². The lowest BCUT2D eigenvalue weighted by molar-refractivity contribution is 0.0716. The van der Waals surface area contributed by atoms with Crippen LogP contribution < -0.4 is 4.74 Å². The second kappa shape index (κ2) is 3.26. The van der Waals surface area contributed by atoms with Crippen LogP contribution in [0.4, 0.5) is 0 Å². The van der Waals surface area contributed by atoms with Gasteiger partial charge in [-0.3, -0.25) is 4.99 Å². The van der Waals surface area contributed by atoms with E-state index in [0.717, 1.165) is 29.7 Å². The lowest BCUT2D eigenvalue weighted by Crippen LogP contribution is -2.42. The highest BCUT2D eigenvalue weighted by Gasteiger charge is 2.58.